The highest BCUT2D eigenvalue weighted by Crippen LogP contribution is 2.66. The van der Waals surface area contributed by atoms with Gasteiger partial charge in [0.25, 0.3) is 0 Å². The van der Waals surface area contributed by atoms with Crippen molar-refractivity contribution in [3.8, 4) is 11.5 Å². The predicted molar refractivity (Wildman–Crippen MR) is 184 cm³/mol. The highest BCUT2D eigenvalue weighted by atomic mass is 16.6. The lowest BCUT2D eigenvalue weighted by Crippen LogP contribution is -2.77. The molecular formula is C42H41NO4. The molecule has 1 spiro atoms. The summed E-state index contributed by atoms with van der Waals surface area (Å²) < 4.78 is 20.7. The van der Waals surface area contributed by atoms with Gasteiger partial charge in [-0.05, 0) is 101 Å². The van der Waals surface area contributed by atoms with E-state index in [4.69, 9.17) is 14.2 Å². The zero-order valence-electron chi connectivity index (χ0n) is 26.7. The Kier molecular flexibility index (Phi) is 6.32. The molecule has 2 bridgehead atoms. The maximum atomic E-state index is 13.1. The third-order valence-corrected chi connectivity index (χ3v) is 12.3. The first-order valence-electron chi connectivity index (χ1n) is 17.6. The van der Waals surface area contributed by atoms with E-state index in [1.807, 2.05) is 18.2 Å². The highest BCUT2D eigenvalue weighted by molar-refractivity contribution is 6.02. The van der Waals surface area contributed by atoms with Gasteiger partial charge in [-0.1, -0.05) is 84.9 Å². The Labute approximate surface area is 276 Å². The van der Waals surface area contributed by atoms with Gasteiger partial charge in [-0.2, -0.15) is 0 Å². The second-order valence-electron chi connectivity index (χ2n) is 14.7. The van der Waals surface area contributed by atoms with Gasteiger partial charge in [0.1, 0.15) is 12.7 Å². The number of likely N-dealkylation sites (tertiary alicyclic amines) is 1. The molecule has 5 aromatic carbocycles. The number of nitrogens with zero attached hydrogens (tertiary/aromatic N) is 1. The summed E-state index contributed by atoms with van der Waals surface area (Å²) in [5.41, 5.74) is 3.47. The predicted octanol–water partition coefficient (Wildman–Crippen LogP) is 7.72. The average Bonchev–Trinajstić information content (AvgIpc) is 3.85. The molecule has 47 heavy (non-hydrogen) atoms. The van der Waals surface area contributed by atoms with Crippen LogP contribution in [0.1, 0.15) is 54.4 Å². The van der Waals surface area contributed by atoms with E-state index < -0.39 is 11.0 Å². The third-order valence-electron chi connectivity index (χ3n) is 12.3. The van der Waals surface area contributed by atoms with Crippen LogP contribution in [0.25, 0.3) is 21.5 Å². The first kappa shape index (κ1) is 28.1. The molecule has 2 saturated carbocycles. The lowest BCUT2D eigenvalue weighted by Gasteiger charge is -2.64. The first-order valence-corrected chi connectivity index (χ1v) is 17.6. The first-order chi connectivity index (χ1) is 23.1. The molecule has 5 heteroatoms. The smallest absolute Gasteiger partial charge is 0.166 e. The van der Waals surface area contributed by atoms with E-state index >= 15 is 0 Å². The van der Waals surface area contributed by atoms with Gasteiger partial charge in [0.15, 0.2) is 11.5 Å². The summed E-state index contributed by atoms with van der Waals surface area (Å²) in [5, 5.41) is 18.0. The van der Waals surface area contributed by atoms with Crippen LogP contribution in [0, 0.1) is 5.92 Å². The Morgan fingerprint density at radius 1 is 0.809 bits per heavy atom. The molecule has 1 N–H and O–H groups in total. The minimum atomic E-state index is -0.868. The van der Waals surface area contributed by atoms with Gasteiger partial charge in [-0.3, -0.25) is 4.90 Å². The van der Waals surface area contributed by atoms with Crippen LogP contribution in [-0.2, 0) is 29.8 Å². The fourth-order valence-electron chi connectivity index (χ4n) is 9.90. The molecule has 1 saturated heterocycles. The molecule has 238 valence electrons. The summed E-state index contributed by atoms with van der Waals surface area (Å²) >= 11 is 0. The van der Waals surface area contributed by atoms with Gasteiger partial charge in [-0.15, -0.1) is 0 Å². The minimum absolute atomic E-state index is 0.0976. The molecule has 5 aliphatic rings. The summed E-state index contributed by atoms with van der Waals surface area (Å²) in [6, 6.07) is 34.3. The van der Waals surface area contributed by atoms with Crippen molar-refractivity contribution in [2.75, 3.05) is 13.1 Å². The topological polar surface area (TPSA) is 51.2 Å². The molecule has 0 radical (unpaired) electrons. The molecule has 3 fully saturated rings. The zero-order chi connectivity index (χ0) is 31.2. The Balaban J connectivity index is 1.04. The van der Waals surface area contributed by atoms with Crippen LogP contribution in [0.15, 0.2) is 97.1 Å². The van der Waals surface area contributed by atoms with E-state index in [9.17, 15) is 5.11 Å². The van der Waals surface area contributed by atoms with Gasteiger partial charge < -0.3 is 19.3 Å². The molecule has 5 atom stereocenters. The summed E-state index contributed by atoms with van der Waals surface area (Å²) in [7, 11) is 0. The molecular weight excluding hydrogens is 582 g/mol. The summed E-state index contributed by atoms with van der Waals surface area (Å²) in [4.78, 5) is 2.63. The van der Waals surface area contributed by atoms with Gasteiger partial charge >= 0.3 is 0 Å². The minimum Gasteiger partial charge on any atom is -0.485 e. The van der Waals surface area contributed by atoms with Gasteiger partial charge in [0.2, 0.25) is 0 Å². The van der Waals surface area contributed by atoms with E-state index in [2.05, 4.69) is 83.8 Å². The molecule has 0 aromatic heterocycles. The van der Waals surface area contributed by atoms with E-state index in [-0.39, 0.29) is 18.2 Å². The van der Waals surface area contributed by atoms with Crippen molar-refractivity contribution in [3.05, 3.63) is 119 Å². The summed E-state index contributed by atoms with van der Waals surface area (Å²) in [6.07, 6.45) is 5.43. The van der Waals surface area contributed by atoms with Crippen LogP contribution >= 0.6 is 0 Å². The average molecular weight is 624 g/mol. The van der Waals surface area contributed by atoms with Crippen molar-refractivity contribution in [1.82, 2.24) is 4.90 Å². The van der Waals surface area contributed by atoms with Crippen molar-refractivity contribution < 1.29 is 19.3 Å². The number of fused-ring (bicyclic) bond motifs is 2. The zero-order valence-corrected chi connectivity index (χ0v) is 26.7. The number of benzene rings is 5. The van der Waals surface area contributed by atoms with Crippen LogP contribution in [0.3, 0.4) is 0 Å². The Bertz CT molecular complexity index is 1950. The second kappa shape index (κ2) is 10.6. The maximum Gasteiger partial charge on any atom is 0.166 e. The van der Waals surface area contributed by atoms with Gasteiger partial charge in [0, 0.05) is 18.2 Å². The Hall–Kier alpha value is -3.90. The van der Waals surface area contributed by atoms with E-state index in [0.717, 1.165) is 55.3 Å². The number of hydrogen-bond donors (Lipinski definition) is 1. The second-order valence-corrected chi connectivity index (χ2v) is 14.7. The van der Waals surface area contributed by atoms with Crippen LogP contribution in [0.5, 0.6) is 11.5 Å². The van der Waals surface area contributed by atoms with Crippen molar-refractivity contribution in [1.29, 1.82) is 0 Å². The van der Waals surface area contributed by atoms with E-state index in [0.29, 0.717) is 19.6 Å². The van der Waals surface area contributed by atoms with E-state index in [1.165, 1.54) is 51.1 Å². The lowest BCUT2D eigenvalue weighted by molar-refractivity contribution is -0.216. The third kappa shape index (κ3) is 4.19. The number of rotatable bonds is 8. The highest BCUT2D eigenvalue weighted by Gasteiger charge is 2.73. The van der Waals surface area contributed by atoms with Crippen molar-refractivity contribution in [2.45, 2.75) is 81.0 Å². The Morgan fingerprint density at radius 2 is 1.55 bits per heavy atom. The van der Waals surface area contributed by atoms with Crippen LogP contribution in [0.4, 0.5) is 0 Å². The van der Waals surface area contributed by atoms with Crippen LogP contribution < -0.4 is 9.47 Å². The fraction of sp³-hybridized carbons (Fsp3) is 0.381. The maximum absolute atomic E-state index is 13.1. The standard InChI is InChI=1S/C42H41NO4/c44-42-19-18-36(46-26-34-32-12-6-4-10-29(32)22-30-11-5-7-13-33(30)34)40-41(42)20-21-43(24-27-14-15-27)37(42)23-31-16-17-35(39(47-40)38(31)41)45-25-28-8-2-1-3-9-28/h1-13,16-17,22,27,36-37,40,44H,14-15,18-21,23-26H2/t36-,37+,40-,41-,42+/m0/s1. The van der Waals surface area contributed by atoms with Crippen molar-refractivity contribution in [2.24, 2.45) is 5.92 Å². The SMILES string of the molecule is O[C@@]12CC[C@H](OCc3c4ccccc4cc4ccccc34)[C@@H]3Oc4c(OCc5ccccc5)ccc5c4[C@@]31CCN(CC1CC1)[C@@H]2C5. The fourth-order valence-corrected chi connectivity index (χ4v) is 9.90. The lowest BCUT2D eigenvalue weighted by atomic mass is 9.48. The molecule has 3 aliphatic carbocycles. The molecule has 5 nitrogen and oxygen atoms in total. The van der Waals surface area contributed by atoms with Crippen LogP contribution in [0.2, 0.25) is 0 Å². The van der Waals surface area contributed by atoms with Crippen LogP contribution in [-0.4, -0.2) is 46.9 Å². The summed E-state index contributed by atoms with van der Waals surface area (Å²) in [5.74, 6) is 2.39. The largest absolute Gasteiger partial charge is 0.485 e. The molecule has 0 unspecified atom stereocenters. The molecule has 10 rings (SSSR count). The van der Waals surface area contributed by atoms with E-state index in [1.54, 1.807) is 0 Å². The molecule has 2 heterocycles. The van der Waals surface area contributed by atoms with Gasteiger partial charge in [0.05, 0.1) is 23.7 Å². The molecule has 5 aromatic rings. The number of hydrogen-bond acceptors (Lipinski definition) is 5. The molecule has 0 amide bonds. The molecule has 2 aliphatic heterocycles. The van der Waals surface area contributed by atoms with Gasteiger partial charge in [-0.25, -0.2) is 0 Å². The number of aliphatic hydroxyl groups is 1. The Morgan fingerprint density at radius 3 is 2.32 bits per heavy atom. The normalized spacial score (nSPS) is 29.1. The van der Waals surface area contributed by atoms with Crippen molar-refractivity contribution >= 4 is 21.5 Å². The van der Waals surface area contributed by atoms with Crippen molar-refractivity contribution in [3.63, 3.8) is 0 Å². The monoisotopic (exact) mass is 623 g/mol. The number of ether oxygens (including phenoxy) is 3. The quantitative estimate of drug-likeness (QED) is 0.179. The summed E-state index contributed by atoms with van der Waals surface area (Å²) in [6.45, 7) is 3.06. The number of piperidine rings is 1.